The normalized spacial score (nSPS) is 12.2. The highest BCUT2D eigenvalue weighted by Crippen LogP contribution is 2.02. The van der Waals surface area contributed by atoms with E-state index in [9.17, 15) is 9.59 Å². The molecule has 2 atom stereocenters. The monoisotopic (exact) mass is 292 g/mol. The minimum atomic E-state index is -1.11. The highest BCUT2D eigenvalue weighted by Gasteiger charge is 2.19. The molecule has 0 saturated carbocycles. The Bertz CT molecular complexity index is 321. The summed E-state index contributed by atoms with van der Waals surface area (Å²) in [5, 5.41) is 23.0. The molecule has 3 N–H and O–H groups in total. The molecule has 0 rings (SSSR count). The van der Waals surface area contributed by atoms with Crippen molar-refractivity contribution in [2.24, 2.45) is 11.0 Å². The summed E-state index contributed by atoms with van der Waals surface area (Å²) >= 11 is 3.92. The van der Waals surface area contributed by atoms with Gasteiger partial charge in [0.25, 0.3) is 0 Å². The molecule has 0 radical (unpaired) electrons. The van der Waals surface area contributed by atoms with Gasteiger partial charge in [-0.1, -0.05) is 12.0 Å². The van der Waals surface area contributed by atoms with E-state index in [1.54, 1.807) is 0 Å². The Hall–Kier alpha value is -1.44. The Morgan fingerprint density at radius 1 is 1.53 bits per heavy atom. The molecule has 19 heavy (non-hydrogen) atoms. The Balaban J connectivity index is 0. The van der Waals surface area contributed by atoms with Crippen LogP contribution in [0.15, 0.2) is 5.11 Å². The number of amides is 1. The van der Waals surface area contributed by atoms with Crippen molar-refractivity contribution in [3.8, 4) is 0 Å². The number of aliphatic hydroxyl groups excluding tert-OH is 1. The molecule has 0 aromatic heterocycles. The van der Waals surface area contributed by atoms with Gasteiger partial charge in [0.2, 0.25) is 5.91 Å². The van der Waals surface area contributed by atoms with Crippen LogP contribution in [0.25, 0.3) is 10.4 Å². The summed E-state index contributed by atoms with van der Waals surface area (Å²) < 4.78 is 0. The third-order valence-electron chi connectivity index (χ3n) is 2.05. The average Bonchev–Trinajstić information content (AvgIpc) is 2.41. The van der Waals surface area contributed by atoms with Gasteiger partial charge in [-0.25, -0.2) is 0 Å². The first-order valence-electron chi connectivity index (χ1n) is 5.69. The minimum absolute atomic E-state index is 0.0963. The van der Waals surface area contributed by atoms with Crippen molar-refractivity contribution in [3.63, 3.8) is 0 Å². The summed E-state index contributed by atoms with van der Waals surface area (Å²) in [6, 6.07) is 0. The summed E-state index contributed by atoms with van der Waals surface area (Å²) in [7, 11) is 0. The van der Waals surface area contributed by atoms with E-state index in [0.717, 1.165) is 0 Å². The fraction of sp³-hybridized carbons (Fsp3) is 0.800. The number of carbonyl (C=O) groups excluding carboxylic acids is 1. The second kappa shape index (κ2) is 13.0. The fourth-order valence-electron chi connectivity index (χ4n) is 0.763. The Morgan fingerprint density at radius 2 is 2.11 bits per heavy atom. The number of aliphatic carboxylic acids is 1. The zero-order valence-electron chi connectivity index (χ0n) is 11.0. The molecule has 0 aromatic rings. The molecule has 0 aliphatic carbocycles. The Kier molecular flexibility index (Phi) is 13.6. The summed E-state index contributed by atoms with van der Waals surface area (Å²) in [5.41, 5.74) is 7.84. The lowest BCUT2D eigenvalue weighted by molar-refractivity contribution is -0.144. The Labute approximate surface area is 117 Å². The minimum Gasteiger partial charge on any atom is -0.481 e. The van der Waals surface area contributed by atoms with Gasteiger partial charge in [0.15, 0.2) is 0 Å². The standard InChI is InChI=1S/C5H9N3O3.C5H11NOS/c1-3(5(10)11)4(9)2-7-8-6;1-2-5(7)6-3-4-8/h3-4,9H,2H2,1H3,(H,10,11);8H,2-4H2,1H3,(H,6,7)/t3-,4+;/m0./s1. The van der Waals surface area contributed by atoms with Crippen molar-refractivity contribution in [2.45, 2.75) is 26.4 Å². The van der Waals surface area contributed by atoms with Crippen LogP contribution in [-0.4, -0.2) is 47.0 Å². The van der Waals surface area contributed by atoms with E-state index >= 15 is 0 Å². The van der Waals surface area contributed by atoms with Crippen LogP contribution >= 0.6 is 12.6 Å². The zero-order chi connectivity index (χ0) is 15.3. The van der Waals surface area contributed by atoms with E-state index in [-0.39, 0.29) is 12.5 Å². The average molecular weight is 292 g/mol. The molecule has 0 spiro atoms. The van der Waals surface area contributed by atoms with Crippen LogP contribution in [0.1, 0.15) is 20.3 Å². The molecule has 0 unspecified atom stereocenters. The quantitative estimate of drug-likeness (QED) is 0.239. The molecule has 0 saturated heterocycles. The fourth-order valence-corrected chi connectivity index (χ4v) is 0.875. The topological polar surface area (TPSA) is 135 Å². The summed E-state index contributed by atoms with van der Waals surface area (Å²) in [4.78, 5) is 23.0. The summed E-state index contributed by atoms with van der Waals surface area (Å²) in [6.45, 7) is 3.65. The third-order valence-corrected chi connectivity index (χ3v) is 2.28. The van der Waals surface area contributed by atoms with Gasteiger partial charge in [-0.2, -0.15) is 12.6 Å². The second-order valence-corrected chi connectivity index (χ2v) is 3.98. The number of aliphatic hydroxyl groups is 1. The van der Waals surface area contributed by atoms with Crippen molar-refractivity contribution in [1.82, 2.24) is 5.32 Å². The second-order valence-electron chi connectivity index (χ2n) is 3.53. The van der Waals surface area contributed by atoms with Gasteiger partial charge < -0.3 is 15.5 Å². The molecule has 0 aliphatic heterocycles. The maximum atomic E-state index is 10.4. The lowest BCUT2D eigenvalue weighted by atomic mass is 10.1. The van der Waals surface area contributed by atoms with Gasteiger partial charge in [-0.15, -0.1) is 0 Å². The highest BCUT2D eigenvalue weighted by molar-refractivity contribution is 7.80. The molecule has 9 heteroatoms. The van der Waals surface area contributed by atoms with E-state index in [1.807, 2.05) is 6.92 Å². The van der Waals surface area contributed by atoms with Crippen LogP contribution in [0, 0.1) is 5.92 Å². The number of azide groups is 1. The first kappa shape index (κ1) is 19.9. The maximum absolute atomic E-state index is 10.4. The smallest absolute Gasteiger partial charge is 0.308 e. The number of thiol groups is 1. The van der Waals surface area contributed by atoms with Gasteiger partial charge in [-0.05, 0) is 12.5 Å². The largest absolute Gasteiger partial charge is 0.481 e. The number of carboxylic acid groups (broad SMARTS) is 1. The summed E-state index contributed by atoms with van der Waals surface area (Å²) in [5.74, 6) is -1.20. The van der Waals surface area contributed by atoms with E-state index in [1.165, 1.54) is 6.92 Å². The zero-order valence-corrected chi connectivity index (χ0v) is 11.9. The van der Waals surface area contributed by atoms with Crippen molar-refractivity contribution < 1.29 is 19.8 Å². The molecular formula is C10H20N4O4S. The molecular weight excluding hydrogens is 272 g/mol. The van der Waals surface area contributed by atoms with Crippen LogP contribution in [-0.2, 0) is 9.59 Å². The maximum Gasteiger partial charge on any atom is 0.308 e. The van der Waals surface area contributed by atoms with Gasteiger partial charge in [0.1, 0.15) is 0 Å². The van der Waals surface area contributed by atoms with Crippen molar-refractivity contribution in [3.05, 3.63) is 10.4 Å². The van der Waals surface area contributed by atoms with Gasteiger partial charge in [0.05, 0.1) is 18.6 Å². The van der Waals surface area contributed by atoms with Gasteiger partial charge in [-0.3, -0.25) is 9.59 Å². The van der Waals surface area contributed by atoms with E-state index in [4.69, 9.17) is 15.7 Å². The number of carboxylic acids is 1. The molecule has 8 nitrogen and oxygen atoms in total. The van der Waals surface area contributed by atoms with Crippen molar-refractivity contribution in [1.29, 1.82) is 0 Å². The van der Waals surface area contributed by atoms with Crippen LogP contribution in [0.2, 0.25) is 0 Å². The number of nitrogens with one attached hydrogen (secondary N) is 1. The lowest BCUT2D eigenvalue weighted by Crippen LogP contribution is -2.27. The van der Waals surface area contributed by atoms with Crippen LogP contribution < -0.4 is 5.32 Å². The first-order chi connectivity index (χ1) is 8.90. The van der Waals surface area contributed by atoms with E-state index < -0.39 is 18.0 Å². The predicted molar refractivity (Wildman–Crippen MR) is 74.0 cm³/mol. The number of rotatable bonds is 7. The molecule has 1 amide bonds. The first-order valence-corrected chi connectivity index (χ1v) is 6.33. The number of hydrogen-bond donors (Lipinski definition) is 4. The predicted octanol–water partition coefficient (Wildman–Crippen LogP) is 0.821. The van der Waals surface area contributed by atoms with E-state index in [0.29, 0.717) is 18.7 Å². The molecule has 0 aliphatic rings. The van der Waals surface area contributed by atoms with Crippen LogP contribution in [0.4, 0.5) is 0 Å². The van der Waals surface area contributed by atoms with Crippen LogP contribution in [0.3, 0.4) is 0 Å². The Morgan fingerprint density at radius 3 is 2.47 bits per heavy atom. The molecule has 0 heterocycles. The van der Waals surface area contributed by atoms with Crippen LogP contribution in [0.5, 0.6) is 0 Å². The SMILES string of the molecule is CCC(=O)NCCS.C[C@H](C(=O)O)[C@H](O)CN=[N+]=[N-]. The molecule has 0 bridgehead atoms. The molecule has 110 valence electrons. The van der Waals surface area contributed by atoms with Gasteiger partial charge in [0, 0.05) is 23.6 Å². The number of hydrogen-bond acceptors (Lipinski definition) is 5. The van der Waals surface area contributed by atoms with Crippen molar-refractivity contribution >= 4 is 24.5 Å². The third kappa shape index (κ3) is 12.8. The molecule has 0 fully saturated rings. The number of carbonyl (C=O) groups is 2. The lowest BCUT2D eigenvalue weighted by Gasteiger charge is -2.10. The van der Waals surface area contributed by atoms with Crippen molar-refractivity contribution in [2.75, 3.05) is 18.8 Å². The highest BCUT2D eigenvalue weighted by atomic mass is 32.1. The van der Waals surface area contributed by atoms with E-state index in [2.05, 4.69) is 28.0 Å². The summed E-state index contributed by atoms with van der Waals surface area (Å²) in [6.07, 6.45) is -0.545. The molecule has 0 aromatic carbocycles. The van der Waals surface area contributed by atoms with Gasteiger partial charge >= 0.3 is 5.97 Å². The number of nitrogens with zero attached hydrogens (tertiary/aromatic N) is 3.